The van der Waals surface area contributed by atoms with Crippen LogP contribution in [0.1, 0.15) is 28.7 Å². The van der Waals surface area contributed by atoms with E-state index in [1.54, 1.807) is 16.6 Å². The minimum Gasteiger partial charge on any atom is -0.395 e. The van der Waals surface area contributed by atoms with Gasteiger partial charge in [0.1, 0.15) is 5.69 Å². The van der Waals surface area contributed by atoms with Crippen LogP contribution in [-0.2, 0) is 6.54 Å². The first-order valence-corrected chi connectivity index (χ1v) is 6.63. The second-order valence-corrected chi connectivity index (χ2v) is 4.86. The number of carbonyl (C=O) groups is 1. The van der Waals surface area contributed by atoms with Crippen LogP contribution in [0.15, 0.2) is 24.3 Å². The number of nitrogens with zero attached hydrogens (tertiary/aromatic N) is 3. The third-order valence-electron chi connectivity index (χ3n) is 3.40. The first-order valence-electron chi connectivity index (χ1n) is 6.63. The maximum atomic E-state index is 12.6. The minimum absolute atomic E-state index is 0.145. The van der Waals surface area contributed by atoms with Crippen LogP contribution in [0.5, 0.6) is 0 Å². The van der Waals surface area contributed by atoms with Crippen molar-refractivity contribution in [2.24, 2.45) is 0 Å². The molecule has 1 aromatic heterocycles. The number of hydrogen-bond acceptors (Lipinski definition) is 3. The van der Waals surface area contributed by atoms with E-state index >= 15 is 0 Å². The van der Waals surface area contributed by atoms with Crippen molar-refractivity contribution in [3.63, 3.8) is 0 Å². The van der Waals surface area contributed by atoms with Gasteiger partial charge in [-0.3, -0.25) is 9.48 Å². The molecule has 1 heterocycles. The van der Waals surface area contributed by atoms with Crippen LogP contribution < -0.4 is 10.6 Å². The van der Waals surface area contributed by atoms with Crippen LogP contribution in [0.2, 0.25) is 0 Å². The van der Waals surface area contributed by atoms with Gasteiger partial charge in [-0.1, -0.05) is 17.7 Å². The Bertz CT molecular complexity index is 628. The second kappa shape index (κ2) is 5.36. The monoisotopic (exact) mass is 272 g/mol. The molecule has 1 amide bonds. The number of nitrogen functional groups attached to an aromatic ring is 1. The molecule has 0 atom stereocenters. The highest BCUT2D eigenvalue weighted by atomic mass is 16.2. The predicted molar refractivity (Wildman–Crippen MR) is 81.0 cm³/mol. The van der Waals surface area contributed by atoms with Gasteiger partial charge in [0.25, 0.3) is 5.91 Å². The van der Waals surface area contributed by atoms with Gasteiger partial charge in [0.15, 0.2) is 0 Å². The summed E-state index contributed by atoms with van der Waals surface area (Å²) in [5, 5.41) is 4.28. The SMILES string of the molecule is CCn1nc(C)c(N)c1C(=O)N(C)c1ccc(C)cc1. The van der Waals surface area contributed by atoms with Gasteiger partial charge < -0.3 is 10.6 Å². The number of aromatic nitrogens is 2. The lowest BCUT2D eigenvalue weighted by molar-refractivity contribution is 0.0983. The van der Waals surface area contributed by atoms with Crippen LogP contribution in [0, 0.1) is 13.8 Å². The summed E-state index contributed by atoms with van der Waals surface area (Å²) in [6.45, 7) is 6.37. The van der Waals surface area contributed by atoms with Gasteiger partial charge >= 0.3 is 0 Å². The summed E-state index contributed by atoms with van der Waals surface area (Å²) in [6, 6.07) is 7.79. The van der Waals surface area contributed by atoms with E-state index in [1.807, 2.05) is 45.0 Å². The van der Waals surface area contributed by atoms with E-state index in [4.69, 9.17) is 5.73 Å². The van der Waals surface area contributed by atoms with Crippen LogP contribution >= 0.6 is 0 Å². The van der Waals surface area contributed by atoms with Crippen LogP contribution in [0.4, 0.5) is 11.4 Å². The van der Waals surface area contributed by atoms with Crippen LogP contribution in [-0.4, -0.2) is 22.7 Å². The summed E-state index contributed by atoms with van der Waals surface area (Å²) >= 11 is 0. The maximum absolute atomic E-state index is 12.6. The summed E-state index contributed by atoms with van der Waals surface area (Å²) in [6.07, 6.45) is 0. The fourth-order valence-corrected chi connectivity index (χ4v) is 2.09. The number of benzene rings is 1. The normalized spacial score (nSPS) is 10.6. The van der Waals surface area contributed by atoms with Crippen molar-refractivity contribution in [2.75, 3.05) is 17.7 Å². The van der Waals surface area contributed by atoms with E-state index in [2.05, 4.69) is 5.10 Å². The predicted octanol–water partition coefficient (Wildman–Crippen LogP) is 2.38. The summed E-state index contributed by atoms with van der Waals surface area (Å²) in [5.74, 6) is -0.145. The Balaban J connectivity index is 2.38. The summed E-state index contributed by atoms with van der Waals surface area (Å²) in [7, 11) is 1.74. The van der Waals surface area contributed by atoms with Crippen molar-refractivity contribution in [3.8, 4) is 0 Å². The molecule has 0 aliphatic heterocycles. The average molecular weight is 272 g/mol. The van der Waals surface area contributed by atoms with E-state index in [9.17, 15) is 4.79 Å². The lowest BCUT2D eigenvalue weighted by atomic mass is 10.2. The van der Waals surface area contributed by atoms with Crippen molar-refractivity contribution < 1.29 is 4.79 Å². The Morgan fingerprint density at radius 2 is 1.90 bits per heavy atom. The molecule has 5 nitrogen and oxygen atoms in total. The molecule has 0 saturated carbocycles. The number of nitrogens with two attached hydrogens (primary N) is 1. The van der Waals surface area contributed by atoms with E-state index in [0.29, 0.717) is 23.6 Å². The zero-order chi connectivity index (χ0) is 14.9. The Morgan fingerprint density at radius 1 is 1.30 bits per heavy atom. The third-order valence-corrected chi connectivity index (χ3v) is 3.40. The van der Waals surface area contributed by atoms with E-state index < -0.39 is 0 Å². The lowest BCUT2D eigenvalue weighted by Gasteiger charge is -2.18. The molecule has 5 heteroatoms. The molecule has 20 heavy (non-hydrogen) atoms. The first-order chi connectivity index (χ1) is 9.45. The van der Waals surface area contributed by atoms with Crippen molar-refractivity contribution in [1.82, 2.24) is 9.78 Å². The number of carbonyl (C=O) groups excluding carboxylic acids is 1. The van der Waals surface area contributed by atoms with E-state index in [0.717, 1.165) is 11.3 Å². The highest BCUT2D eigenvalue weighted by molar-refractivity contribution is 6.08. The molecule has 106 valence electrons. The fourth-order valence-electron chi connectivity index (χ4n) is 2.09. The topological polar surface area (TPSA) is 64.2 Å². The van der Waals surface area contributed by atoms with Gasteiger partial charge in [-0.15, -0.1) is 0 Å². The number of hydrogen-bond donors (Lipinski definition) is 1. The van der Waals surface area contributed by atoms with E-state index in [-0.39, 0.29) is 5.91 Å². The lowest BCUT2D eigenvalue weighted by Crippen LogP contribution is -2.29. The quantitative estimate of drug-likeness (QED) is 0.933. The van der Waals surface area contributed by atoms with Gasteiger partial charge in [-0.2, -0.15) is 5.10 Å². The molecule has 0 bridgehead atoms. The van der Waals surface area contributed by atoms with Crippen LogP contribution in [0.25, 0.3) is 0 Å². The molecule has 0 aliphatic rings. The maximum Gasteiger partial charge on any atom is 0.278 e. The Kier molecular flexibility index (Phi) is 3.79. The van der Waals surface area contributed by atoms with Crippen molar-refractivity contribution >= 4 is 17.3 Å². The van der Waals surface area contributed by atoms with Crippen molar-refractivity contribution in [2.45, 2.75) is 27.3 Å². The molecular weight excluding hydrogens is 252 g/mol. The fraction of sp³-hybridized carbons (Fsp3) is 0.333. The highest BCUT2D eigenvalue weighted by Gasteiger charge is 2.23. The van der Waals surface area contributed by atoms with Gasteiger partial charge in [0, 0.05) is 19.3 Å². The summed E-state index contributed by atoms with van der Waals surface area (Å²) in [4.78, 5) is 14.2. The van der Waals surface area contributed by atoms with Gasteiger partial charge in [0.05, 0.1) is 11.4 Å². The third kappa shape index (κ3) is 2.39. The van der Waals surface area contributed by atoms with Gasteiger partial charge in [-0.05, 0) is 32.9 Å². The molecule has 0 spiro atoms. The number of amides is 1. The molecule has 1 aromatic carbocycles. The molecule has 0 saturated heterocycles. The van der Waals surface area contributed by atoms with Crippen LogP contribution in [0.3, 0.4) is 0 Å². The van der Waals surface area contributed by atoms with Gasteiger partial charge in [0.2, 0.25) is 0 Å². The Labute approximate surface area is 119 Å². The van der Waals surface area contributed by atoms with Crippen molar-refractivity contribution in [1.29, 1.82) is 0 Å². The molecule has 2 rings (SSSR count). The largest absolute Gasteiger partial charge is 0.395 e. The Hall–Kier alpha value is -2.30. The Morgan fingerprint density at radius 3 is 2.45 bits per heavy atom. The number of anilines is 2. The standard InChI is InChI=1S/C15H20N4O/c1-5-19-14(13(16)11(3)17-19)15(20)18(4)12-8-6-10(2)7-9-12/h6-9H,5,16H2,1-4H3. The average Bonchev–Trinajstić information content (AvgIpc) is 2.73. The summed E-state index contributed by atoms with van der Waals surface area (Å²) in [5.41, 5.74) is 9.57. The first kappa shape index (κ1) is 14.1. The molecule has 0 fully saturated rings. The molecule has 0 unspecified atom stereocenters. The minimum atomic E-state index is -0.145. The second-order valence-electron chi connectivity index (χ2n) is 4.86. The molecular formula is C15H20N4O. The number of aryl methyl sites for hydroxylation is 3. The van der Waals surface area contributed by atoms with Crippen molar-refractivity contribution in [3.05, 3.63) is 41.2 Å². The molecule has 2 N–H and O–H groups in total. The van der Waals surface area contributed by atoms with Gasteiger partial charge in [-0.25, -0.2) is 0 Å². The smallest absolute Gasteiger partial charge is 0.278 e. The molecule has 0 radical (unpaired) electrons. The zero-order valence-electron chi connectivity index (χ0n) is 12.3. The summed E-state index contributed by atoms with van der Waals surface area (Å²) < 4.78 is 1.65. The molecule has 2 aromatic rings. The highest BCUT2D eigenvalue weighted by Crippen LogP contribution is 2.21. The van der Waals surface area contributed by atoms with E-state index in [1.165, 1.54) is 0 Å². The zero-order valence-corrected chi connectivity index (χ0v) is 12.3. The molecule has 0 aliphatic carbocycles. The number of rotatable bonds is 3.